The summed E-state index contributed by atoms with van der Waals surface area (Å²) in [4.78, 5) is 21.1. The van der Waals surface area contributed by atoms with Gasteiger partial charge in [-0.25, -0.2) is 4.99 Å². The van der Waals surface area contributed by atoms with E-state index >= 15 is 0 Å². The van der Waals surface area contributed by atoms with Gasteiger partial charge in [-0.2, -0.15) is 4.99 Å². The van der Waals surface area contributed by atoms with E-state index in [1.807, 2.05) is 0 Å². The van der Waals surface area contributed by atoms with Gasteiger partial charge in [0, 0.05) is 16.6 Å². The summed E-state index contributed by atoms with van der Waals surface area (Å²) in [5.74, 6) is 0.364. The number of nitrogens with two attached hydrogens (primary N) is 2. The number of rotatable bonds is 2. The molecule has 1 saturated carbocycles. The third-order valence-electron chi connectivity index (χ3n) is 4.23. The molecule has 0 radical (unpaired) electrons. The van der Waals surface area contributed by atoms with Crippen LogP contribution in [0.3, 0.4) is 0 Å². The zero-order valence-electron chi connectivity index (χ0n) is 12.4. The average molecular weight is 381 g/mol. The van der Waals surface area contributed by atoms with Crippen LogP contribution in [0.5, 0.6) is 0 Å². The van der Waals surface area contributed by atoms with E-state index in [1.165, 1.54) is 12.1 Å². The first-order chi connectivity index (χ1) is 10.9. The van der Waals surface area contributed by atoms with E-state index < -0.39 is 10.6 Å². The first kappa shape index (κ1) is 15.7. The molecule has 1 spiro atoms. The summed E-state index contributed by atoms with van der Waals surface area (Å²) in [6, 6.07) is 4.56. The van der Waals surface area contributed by atoms with Gasteiger partial charge in [0.25, 0.3) is 5.69 Å². The van der Waals surface area contributed by atoms with Crippen LogP contribution in [0.4, 0.5) is 11.4 Å². The second-order valence-corrected chi connectivity index (χ2v) is 6.57. The largest absolute Gasteiger partial charge is 0.369 e. The summed E-state index contributed by atoms with van der Waals surface area (Å²) < 4.78 is 0.696. The van der Waals surface area contributed by atoms with Crippen molar-refractivity contribution in [3.63, 3.8) is 0 Å². The smallest absolute Gasteiger partial charge is 0.271 e. The minimum absolute atomic E-state index is 0.00974. The minimum Gasteiger partial charge on any atom is -0.369 e. The Kier molecular flexibility index (Phi) is 3.97. The van der Waals surface area contributed by atoms with Gasteiger partial charge >= 0.3 is 0 Å². The van der Waals surface area contributed by atoms with Crippen molar-refractivity contribution in [2.75, 3.05) is 4.90 Å². The molecule has 1 heterocycles. The number of aliphatic imine (C=N–C) groups is 2. The lowest BCUT2D eigenvalue weighted by Crippen LogP contribution is -2.58. The van der Waals surface area contributed by atoms with Crippen molar-refractivity contribution in [1.82, 2.24) is 0 Å². The monoisotopic (exact) mass is 380 g/mol. The maximum Gasteiger partial charge on any atom is 0.271 e. The van der Waals surface area contributed by atoms with Gasteiger partial charge in [-0.1, -0.05) is 6.42 Å². The van der Waals surface area contributed by atoms with Crippen molar-refractivity contribution in [2.45, 2.75) is 37.8 Å². The standard InChI is InChI=1S/C14H17BrN6O2/c15-10-5-4-9(21(22)23)8-11(10)20-13(17)18-12(16)19-14(20)6-2-1-3-7-14/h4-5,8H,1-3,6-7H2,(H4,16,17,18,19). The molecule has 2 aliphatic rings. The lowest BCUT2D eigenvalue weighted by Gasteiger charge is -2.45. The molecule has 122 valence electrons. The van der Waals surface area contributed by atoms with Crippen LogP contribution in [0, 0.1) is 10.1 Å². The molecule has 8 nitrogen and oxygen atoms in total. The fourth-order valence-corrected chi connectivity index (χ4v) is 3.68. The minimum atomic E-state index is -0.619. The number of nitro groups is 1. The summed E-state index contributed by atoms with van der Waals surface area (Å²) in [7, 11) is 0. The van der Waals surface area contributed by atoms with E-state index in [0.717, 1.165) is 32.1 Å². The Labute approximate surface area is 141 Å². The number of halogens is 1. The molecule has 1 aromatic rings. The maximum atomic E-state index is 11.1. The number of hydrogen-bond donors (Lipinski definition) is 2. The molecule has 1 aromatic carbocycles. The van der Waals surface area contributed by atoms with Crippen molar-refractivity contribution >= 4 is 39.2 Å². The van der Waals surface area contributed by atoms with E-state index in [0.29, 0.717) is 10.2 Å². The molecule has 3 rings (SSSR count). The van der Waals surface area contributed by atoms with Crippen molar-refractivity contribution < 1.29 is 4.92 Å². The highest BCUT2D eigenvalue weighted by Crippen LogP contribution is 2.42. The Bertz CT molecular complexity index is 711. The normalized spacial score (nSPS) is 20.1. The van der Waals surface area contributed by atoms with Crippen LogP contribution < -0.4 is 16.4 Å². The van der Waals surface area contributed by atoms with Crippen LogP contribution in [0.25, 0.3) is 0 Å². The number of nitro benzene ring substituents is 1. The van der Waals surface area contributed by atoms with E-state index in [9.17, 15) is 10.1 Å². The first-order valence-corrected chi connectivity index (χ1v) is 8.16. The molecule has 9 heteroatoms. The second-order valence-electron chi connectivity index (χ2n) is 5.71. The van der Waals surface area contributed by atoms with Crippen molar-refractivity contribution in [1.29, 1.82) is 0 Å². The Morgan fingerprint density at radius 2 is 1.96 bits per heavy atom. The lowest BCUT2D eigenvalue weighted by atomic mass is 9.87. The fraction of sp³-hybridized carbons (Fsp3) is 0.429. The summed E-state index contributed by atoms with van der Waals surface area (Å²) in [5, 5.41) is 11.1. The van der Waals surface area contributed by atoms with Crippen LogP contribution in [-0.2, 0) is 0 Å². The number of benzene rings is 1. The van der Waals surface area contributed by atoms with Crippen LogP contribution in [0.1, 0.15) is 32.1 Å². The Morgan fingerprint density at radius 3 is 2.61 bits per heavy atom. The van der Waals surface area contributed by atoms with Crippen LogP contribution in [0.2, 0.25) is 0 Å². The average Bonchev–Trinajstić information content (AvgIpc) is 2.48. The highest BCUT2D eigenvalue weighted by Gasteiger charge is 2.43. The Hall–Kier alpha value is -2.16. The summed E-state index contributed by atoms with van der Waals surface area (Å²) in [5.41, 5.74) is 11.9. The van der Waals surface area contributed by atoms with E-state index in [2.05, 4.69) is 25.9 Å². The van der Waals surface area contributed by atoms with E-state index in [4.69, 9.17) is 11.5 Å². The summed E-state index contributed by atoms with van der Waals surface area (Å²) in [6.07, 6.45) is 4.66. The quantitative estimate of drug-likeness (QED) is 0.602. The molecule has 1 aliphatic heterocycles. The van der Waals surface area contributed by atoms with Gasteiger partial charge in [0.1, 0.15) is 5.66 Å². The molecule has 23 heavy (non-hydrogen) atoms. The Morgan fingerprint density at radius 1 is 1.26 bits per heavy atom. The third-order valence-corrected chi connectivity index (χ3v) is 4.90. The van der Waals surface area contributed by atoms with Crippen molar-refractivity contribution in [3.8, 4) is 0 Å². The predicted octanol–water partition coefficient (Wildman–Crippen LogP) is 2.47. The molecule has 0 amide bonds. The van der Waals surface area contributed by atoms with Crippen LogP contribution in [-0.4, -0.2) is 22.5 Å². The van der Waals surface area contributed by atoms with Gasteiger partial charge in [-0.15, -0.1) is 0 Å². The number of non-ortho nitro benzene ring substituents is 1. The van der Waals surface area contributed by atoms with E-state index in [-0.39, 0.29) is 17.6 Å². The zero-order valence-corrected chi connectivity index (χ0v) is 14.0. The number of guanidine groups is 2. The summed E-state index contributed by atoms with van der Waals surface area (Å²) in [6.45, 7) is 0. The van der Waals surface area contributed by atoms with Gasteiger partial charge in [0.2, 0.25) is 11.9 Å². The van der Waals surface area contributed by atoms with Gasteiger partial charge in [0.15, 0.2) is 0 Å². The van der Waals surface area contributed by atoms with Crippen molar-refractivity contribution in [2.24, 2.45) is 21.5 Å². The highest BCUT2D eigenvalue weighted by atomic mass is 79.9. The fourth-order valence-electron chi connectivity index (χ4n) is 3.26. The topological polar surface area (TPSA) is 123 Å². The molecular weight excluding hydrogens is 364 g/mol. The van der Waals surface area contributed by atoms with Gasteiger partial charge in [-0.05, 0) is 47.7 Å². The molecule has 0 unspecified atom stereocenters. The maximum absolute atomic E-state index is 11.1. The first-order valence-electron chi connectivity index (χ1n) is 7.37. The molecule has 1 aliphatic carbocycles. The van der Waals surface area contributed by atoms with Gasteiger partial charge in [0.05, 0.1) is 10.6 Å². The molecule has 0 atom stereocenters. The molecule has 1 fully saturated rings. The summed E-state index contributed by atoms with van der Waals surface area (Å²) >= 11 is 3.45. The van der Waals surface area contributed by atoms with Crippen molar-refractivity contribution in [3.05, 3.63) is 32.8 Å². The highest BCUT2D eigenvalue weighted by molar-refractivity contribution is 9.10. The van der Waals surface area contributed by atoms with Crippen LogP contribution in [0.15, 0.2) is 32.7 Å². The molecule has 0 bridgehead atoms. The molecule has 0 aromatic heterocycles. The second kappa shape index (κ2) is 5.80. The Balaban J connectivity index is 2.14. The van der Waals surface area contributed by atoms with E-state index in [1.54, 1.807) is 11.0 Å². The third kappa shape index (κ3) is 2.76. The number of anilines is 1. The zero-order chi connectivity index (χ0) is 16.6. The molecule has 0 saturated heterocycles. The van der Waals surface area contributed by atoms with Gasteiger partial charge in [-0.3, -0.25) is 15.0 Å². The molecular formula is C14H17BrN6O2. The van der Waals surface area contributed by atoms with Crippen LogP contribution >= 0.6 is 15.9 Å². The SMILES string of the molecule is NC1=NC2(CCCCC2)N(c2cc([N+](=O)[O-])ccc2Br)C(N)=N1. The predicted molar refractivity (Wildman–Crippen MR) is 92.3 cm³/mol. The lowest BCUT2D eigenvalue weighted by molar-refractivity contribution is -0.384. The number of hydrogen-bond acceptors (Lipinski definition) is 7. The molecule has 4 N–H and O–H groups in total. The number of nitrogens with zero attached hydrogens (tertiary/aromatic N) is 4. The van der Waals surface area contributed by atoms with Gasteiger partial charge < -0.3 is 11.5 Å².